The Morgan fingerprint density at radius 1 is 1.09 bits per heavy atom. The minimum absolute atomic E-state index is 0.144. The molecule has 1 amide bonds. The Morgan fingerprint density at radius 3 is 2.45 bits per heavy atom. The van der Waals surface area contributed by atoms with Crippen LogP contribution < -0.4 is 5.32 Å². The van der Waals surface area contributed by atoms with E-state index in [1.54, 1.807) is 6.07 Å². The average Bonchev–Trinajstić information content (AvgIpc) is 2.50. The molecule has 2 aromatic carbocycles. The maximum Gasteiger partial charge on any atom is 0.310 e. The lowest BCUT2D eigenvalue weighted by Crippen LogP contribution is -2.22. The standard InChI is InChI=1S/C17H16BrNO3/c1-12-4-2-3-5-15(12)19-16(20)11-22-17(21)10-13-6-8-14(18)9-7-13/h2-9H,10-11H2,1H3,(H,19,20). The van der Waals surface area contributed by atoms with E-state index in [9.17, 15) is 9.59 Å². The van der Waals surface area contributed by atoms with Crippen LogP contribution in [-0.2, 0) is 20.7 Å². The number of anilines is 1. The third-order valence-electron chi connectivity index (χ3n) is 3.05. The molecule has 0 spiro atoms. The van der Waals surface area contributed by atoms with Crippen LogP contribution in [0.1, 0.15) is 11.1 Å². The second kappa shape index (κ2) is 7.75. The van der Waals surface area contributed by atoms with Crippen LogP contribution in [-0.4, -0.2) is 18.5 Å². The molecule has 0 saturated carbocycles. The maximum atomic E-state index is 11.8. The van der Waals surface area contributed by atoms with Crippen LogP contribution in [0.5, 0.6) is 0 Å². The first kappa shape index (κ1) is 16.2. The number of esters is 1. The zero-order chi connectivity index (χ0) is 15.9. The molecule has 2 aromatic rings. The number of hydrogen-bond donors (Lipinski definition) is 1. The normalized spacial score (nSPS) is 10.1. The fourth-order valence-corrected chi connectivity index (χ4v) is 2.13. The highest BCUT2D eigenvalue weighted by atomic mass is 79.9. The van der Waals surface area contributed by atoms with Crippen molar-refractivity contribution in [1.82, 2.24) is 0 Å². The number of aryl methyl sites for hydroxylation is 1. The second-order valence-corrected chi connectivity index (χ2v) is 5.74. The molecule has 114 valence electrons. The van der Waals surface area contributed by atoms with Gasteiger partial charge < -0.3 is 10.1 Å². The van der Waals surface area contributed by atoms with E-state index in [4.69, 9.17) is 4.74 Å². The monoisotopic (exact) mass is 361 g/mol. The van der Waals surface area contributed by atoms with E-state index < -0.39 is 5.97 Å². The molecule has 22 heavy (non-hydrogen) atoms. The first-order valence-corrected chi connectivity index (χ1v) is 7.59. The lowest BCUT2D eigenvalue weighted by atomic mass is 10.2. The van der Waals surface area contributed by atoms with E-state index in [-0.39, 0.29) is 18.9 Å². The summed E-state index contributed by atoms with van der Waals surface area (Å²) in [5.41, 5.74) is 2.51. The highest BCUT2D eigenvalue weighted by Crippen LogP contribution is 2.13. The Kier molecular flexibility index (Phi) is 5.72. The van der Waals surface area contributed by atoms with E-state index in [1.165, 1.54) is 0 Å². The van der Waals surface area contributed by atoms with Crippen molar-refractivity contribution in [3.05, 3.63) is 64.1 Å². The van der Waals surface area contributed by atoms with Crippen LogP contribution in [0.2, 0.25) is 0 Å². The van der Waals surface area contributed by atoms with Crippen LogP contribution in [0, 0.1) is 6.92 Å². The first-order chi connectivity index (χ1) is 10.5. The van der Waals surface area contributed by atoms with Crippen LogP contribution in [0.15, 0.2) is 53.0 Å². The number of rotatable bonds is 5. The minimum atomic E-state index is -0.428. The molecule has 1 N–H and O–H groups in total. The van der Waals surface area contributed by atoms with Crippen LogP contribution in [0.3, 0.4) is 0 Å². The van der Waals surface area contributed by atoms with Gasteiger partial charge in [-0.1, -0.05) is 46.3 Å². The Morgan fingerprint density at radius 2 is 1.77 bits per heavy atom. The summed E-state index contributed by atoms with van der Waals surface area (Å²) in [6, 6.07) is 14.8. The summed E-state index contributed by atoms with van der Waals surface area (Å²) in [5, 5.41) is 2.71. The van der Waals surface area contributed by atoms with Gasteiger partial charge in [0.25, 0.3) is 5.91 Å². The molecule has 0 aliphatic heterocycles. The Bertz CT molecular complexity index is 668. The van der Waals surface area contributed by atoms with E-state index in [2.05, 4.69) is 21.2 Å². The molecule has 0 heterocycles. The molecule has 5 heteroatoms. The van der Waals surface area contributed by atoms with Gasteiger partial charge in [-0.3, -0.25) is 9.59 Å². The predicted molar refractivity (Wildman–Crippen MR) is 88.6 cm³/mol. The van der Waals surface area contributed by atoms with Gasteiger partial charge in [0.1, 0.15) is 0 Å². The molecule has 0 radical (unpaired) electrons. The zero-order valence-electron chi connectivity index (χ0n) is 12.1. The predicted octanol–water partition coefficient (Wildman–Crippen LogP) is 3.48. The van der Waals surface area contributed by atoms with E-state index in [0.29, 0.717) is 0 Å². The number of carbonyl (C=O) groups excluding carboxylic acids is 2. The number of para-hydroxylation sites is 1. The SMILES string of the molecule is Cc1ccccc1NC(=O)COC(=O)Cc1ccc(Br)cc1. The van der Waals surface area contributed by atoms with Crippen LogP contribution in [0.25, 0.3) is 0 Å². The van der Waals surface area contributed by atoms with Crippen molar-refractivity contribution in [3.63, 3.8) is 0 Å². The average molecular weight is 362 g/mol. The minimum Gasteiger partial charge on any atom is -0.455 e. The fourth-order valence-electron chi connectivity index (χ4n) is 1.87. The third kappa shape index (κ3) is 5.00. The number of nitrogens with one attached hydrogen (secondary N) is 1. The van der Waals surface area contributed by atoms with Crippen molar-refractivity contribution in [2.75, 3.05) is 11.9 Å². The van der Waals surface area contributed by atoms with Gasteiger partial charge in [0.2, 0.25) is 0 Å². The summed E-state index contributed by atoms with van der Waals surface area (Å²) in [6.45, 7) is 1.61. The van der Waals surface area contributed by atoms with Gasteiger partial charge in [-0.25, -0.2) is 0 Å². The molecule has 0 aliphatic carbocycles. The zero-order valence-corrected chi connectivity index (χ0v) is 13.7. The molecule has 0 aromatic heterocycles. The van der Waals surface area contributed by atoms with Gasteiger partial charge in [0, 0.05) is 10.2 Å². The maximum absolute atomic E-state index is 11.8. The van der Waals surface area contributed by atoms with Crippen LogP contribution >= 0.6 is 15.9 Å². The lowest BCUT2D eigenvalue weighted by Gasteiger charge is -2.08. The number of ether oxygens (including phenoxy) is 1. The Labute approximate surface area is 137 Å². The van der Waals surface area contributed by atoms with Gasteiger partial charge in [-0.2, -0.15) is 0 Å². The Hall–Kier alpha value is -2.14. The molecule has 4 nitrogen and oxygen atoms in total. The number of benzene rings is 2. The van der Waals surface area contributed by atoms with E-state index in [1.807, 2.05) is 49.4 Å². The second-order valence-electron chi connectivity index (χ2n) is 4.83. The fraction of sp³-hybridized carbons (Fsp3) is 0.176. The molecular formula is C17H16BrNO3. The van der Waals surface area contributed by atoms with Crippen molar-refractivity contribution < 1.29 is 14.3 Å². The van der Waals surface area contributed by atoms with Gasteiger partial charge in [-0.05, 0) is 36.2 Å². The van der Waals surface area contributed by atoms with Gasteiger partial charge >= 0.3 is 5.97 Å². The number of amides is 1. The van der Waals surface area contributed by atoms with Crippen molar-refractivity contribution in [2.24, 2.45) is 0 Å². The van der Waals surface area contributed by atoms with Gasteiger partial charge in [0.15, 0.2) is 6.61 Å². The van der Waals surface area contributed by atoms with Crippen molar-refractivity contribution >= 4 is 33.5 Å². The topological polar surface area (TPSA) is 55.4 Å². The molecule has 0 atom stereocenters. The summed E-state index contributed by atoms with van der Waals surface area (Å²) in [7, 11) is 0. The summed E-state index contributed by atoms with van der Waals surface area (Å²) >= 11 is 3.33. The highest BCUT2D eigenvalue weighted by Gasteiger charge is 2.09. The summed E-state index contributed by atoms with van der Waals surface area (Å²) in [5.74, 6) is -0.777. The lowest BCUT2D eigenvalue weighted by molar-refractivity contribution is -0.146. The number of hydrogen-bond acceptors (Lipinski definition) is 3. The molecule has 0 saturated heterocycles. The summed E-state index contributed by atoms with van der Waals surface area (Å²) in [6.07, 6.45) is 0.144. The van der Waals surface area contributed by atoms with Crippen LogP contribution in [0.4, 0.5) is 5.69 Å². The van der Waals surface area contributed by atoms with Gasteiger partial charge in [0.05, 0.1) is 6.42 Å². The van der Waals surface area contributed by atoms with Crippen molar-refractivity contribution in [2.45, 2.75) is 13.3 Å². The number of carbonyl (C=O) groups is 2. The van der Waals surface area contributed by atoms with Crippen molar-refractivity contribution in [1.29, 1.82) is 0 Å². The van der Waals surface area contributed by atoms with Crippen molar-refractivity contribution in [3.8, 4) is 0 Å². The third-order valence-corrected chi connectivity index (χ3v) is 3.57. The molecular weight excluding hydrogens is 346 g/mol. The molecule has 2 rings (SSSR count). The molecule has 0 bridgehead atoms. The van der Waals surface area contributed by atoms with E-state index >= 15 is 0 Å². The Balaban J connectivity index is 1.79. The first-order valence-electron chi connectivity index (χ1n) is 6.80. The molecule has 0 aliphatic rings. The quantitative estimate of drug-likeness (QED) is 0.829. The smallest absolute Gasteiger partial charge is 0.310 e. The highest BCUT2D eigenvalue weighted by molar-refractivity contribution is 9.10. The summed E-state index contributed by atoms with van der Waals surface area (Å²) in [4.78, 5) is 23.5. The van der Waals surface area contributed by atoms with Gasteiger partial charge in [-0.15, -0.1) is 0 Å². The largest absolute Gasteiger partial charge is 0.455 e. The summed E-state index contributed by atoms with van der Waals surface area (Å²) < 4.78 is 5.93. The molecule has 0 fully saturated rings. The van der Waals surface area contributed by atoms with E-state index in [0.717, 1.165) is 21.3 Å². The number of halogens is 1. The molecule has 0 unspecified atom stereocenters.